The molecule has 24 heavy (non-hydrogen) atoms. The van der Waals surface area contributed by atoms with Gasteiger partial charge in [-0.15, -0.1) is 0 Å². The maximum absolute atomic E-state index is 12.2. The van der Waals surface area contributed by atoms with Gasteiger partial charge in [-0.3, -0.25) is 4.57 Å². The van der Waals surface area contributed by atoms with E-state index in [1.165, 1.54) is 10.6 Å². The van der Waals surface area contributed by atoms with Gasteiger partial charge in [0, 0.05) is 19.3 Å². The monoisotopic (exact) mass is 386 g/mol. The van der Waals surface area contributed by atoms with Gasteiger partial charge in [0.05, 0.1) is 16.1 Å². The fourth-order valence-electron chi connectivity index (χ4n) is 2.25. The van der Waals surface area contributed by atoms with Crippen molar-refractivity contribution in [1.82, 2.24) is 19.3 Å². The lowest BCUT2D eigenvalue weighted by molar-refractivity contribution is 0.572. The number of aromatic nitrogens is 3. The third-order valence-corrected chi connectivity index (χ3v) is 5.50. The molecular weight excluding hydrogens is 375 g/mol. The van der Waals surface area contributed by atoms with E-state index in [0.717, 1.165) is 6.20 Å². The highest BCUT2D eigenvalue weighted by Crippen LogP contribution is 2.21. The normalized spacial score (nSPS) is 11.9. The fraction of sp³-hybridized carbons (Fsp3) is 0.143. The minimum Gasteiger partial charge on any atom is -0.306 e. The van der Waals surface area contributed by atoms with E-state index in [9.17, 15) is 13.2 Å². The van der Waals surface area contributed by atoms with Crippen molar-refractivity contribution in [2.24, 2.45) is 0 Å². The largest absolute Gasteiger partial charge is 0.326 e. The summed E-state index contributed by atoms with van der Waals surface area (Å²) >= 11 is 11.5. The lowest BCUT2D eigenvalue weighted by Gasteiger charge is -2.08. The Balaban J connectivity index is 1.76. The Labute approximate surface area is 147 Å². The predicted molar refractivity (Wildman–Crippen MR) is 92.0 cm³/mol. The van der Waals surface area contributed by atoms with Crippen LogP contribution in [0.3, 0.4) is 0 Å². The number of halogens is 2. The molecule has 3 rings (SSSR count). The standard InChI is InChI=1S/C14H12Cl2N4O3S/c15-10-7-9(8-17-13(10)16)24(22,23)18-5-6-20-12-4-2-1-3-11(12)19-14(20)21/h1-4,7-8,18H,5-6H2,(H,19,21). The van der Waals surface area contributed by atoms with Crippen LogP contribution in [-0.2, 0) is 16.6 Å². The molecule has 2 aromatic heterocycles. The Morgan fingerprint density at radius 3 is 2.75 bits per heavy atom. The molecule has 7 nitrogen and oxygen atoms in total. The molecule has 0 aliphatic rings. The van der Waals surface area contributed by atoms with E-state index in [1.54, 1.807) is 18.2 Å². The van der Waals surface area contributed by atoms with Gasteiger partial charge in [-0.2, -0.15) is 0 Å². The number of rotatable bonds is 5. The Hall–Kier alpha value is -1.87. The van der Waals surface area contributed by atoms with Crippen molar-refractivity contribution in [2.75, 3.05) is 6.54 Å². The van der Waals surface area contributed by atoms with Crippen molar-refractivity contribution < 1.29 is 8.42 Å². The number of para-hydroxylation sites is 2. The van der Waals surface area contributed by atoms with Gasteiger partial charge in [0.2, 0.25) is 10.0 Å². The van der Waals surface area contributed by atoms with Crippen molar-refractivity contribution in [3.8, 4) is 0 Å². The first-order valence-corrected chi connectivity index (χ1v) is 9.10. The second-order valence-electron chi connectivity index (χ2n) is 4.94. The molecule has 0 aliphatic heterocycles. The predicted octanol–water partition coefficient (Wildman–Crippen LogP) is 2.01. The van der Waals surface area contributed by atoms with Gasteiger partial charge < -0.3 is 4.98 Å². The van der Waals surface area contributed by atoms with Crippen LogP contribution in [0.15, 0.2) is 46.2 Å². The minimum atomic E-state index is -3.80. The summed E-state index contributed by atoms with van der Waals surface area (Å²) in [5.74, 6) is 0. The molecule has 10 heteroatoms. The fourth-order valence-corrected chi connectivity index (χ4v) is 3.58. The van der Waals surface area contributed by atoms with Crippen molar-refractivity contribution >= 4 is 44.3 Å². The molecule has 0 fully saturated rings. The lowest BCUT2D eigenvalue weighted by atomic mass is 10.3. The van der Waals surface area contributed by atoms with Crippen LogP contribution >= 0.6 is 23.2 Å². The van der Waals surface area contributed by atoms with Crippen molar-refractivity contribution in [1.29, 1.82) is 0 Å². The summed E-state index contributed by atoms with van der Waals surface area (Å²) in [7, 11) is -3.80. The molecule has 0 atom stereocenters. The third kappa shape index (κ3) is 3.32. The molecular formula is C14H12Cl2N4O3S. The van der Waals surface area contributed by atoms with Crippen LogP contribution in [0, 0.1) is 0 Å². The second kappa shape index (κ2) is 6.56. The summed E-state index contributed by atoms with van der Waals surface area (Å²) in [5.41, 5.74) is 1.10. The van der Waals surface area contributed by atoms with Crippen LogP contribution in [-0.4, -0.2) is 29.5 Å². The number of nitrogens with zero attached hydrogens (tertiary/aromatic N) is 2. The van der Waals surface area contributed by atoms with Crippen LogP contribution in [0.2, 0.25) is 10.2 Å². The van der Waals surface area contributed by atoms with E-state index in [0.29, 0.717) is 11.0 Å². The molecule has 0 radical (unpaired) electrons. The number of sulfonamides is 1. The van der Waals surface area contributed by atoms with Crippen molar-refractivity contribution in [2.45, 2.75) is 11.4 Å². The number of H-pyrrole nitrogens is 1. The minimum absolute atomic E-state index is 0.0287. The molecule has 0 unspecified atom stereocenters. The Bertz CT molecular complexity index is 1060. The Morgan fingerprint density at radius 1 is 1.25 bits per heavy atom. The number of fused-ring (bicyclic) bond motifs is 1. The van der Waals surface area contributed by atoms with Crippen LogP contribution in [0.4, 0.5) is 0 Å². The molecule has 3 aromatic rings. The third-order valence-electron chi connectivity index (χ3n) is 3.39. The Morgan fingerprint density at radius 2 is 2.00 bits per heavy atom. The number of hydrogen-bond donors (Lipinski definition) is 2. The number of imidazole rings is 1. The van der Waals surface area contributed by atoms with Gasteiger partial charge in [0.25, 0.3) is 0 Å². The van der Waals surface area contributed by atoms with E-state index >= 15 is 0 Å². The lowest BCUT2D eigenvalue weighted by Crippen LogP contribution is -2.30. The Kier molecular flexibility index (Phi) is 4.64. The SMILES string of the molecule is O=c1[nH]c2ccccc2n1CCNS(=O)(=O)c1cnc(Cl)c(Cl)c1. The quantitative estimate of drug-likeness (QED) is 0.655. The van der Waals surface area contributed by atoms with Gasteiger partial charge in [-0.1, -0.05) is 35.3 Å². The zero-order valence-electron chi connectivity index (χ0n) is 12.2. The number of benzene rings is 1. The molecule has 2 N–H and O–H groups in total. The zero-order chi connectivity index (χ0) is 17.3. The number of pyridine rings is 1. The molecule has 0 bridgehead atoms. The molecule has 2 heterocycles. The molecule has 0 aliphatic carbocycles. The molecule has 126 valence electrons. The first-order valence-electron chi connectivity index (χ1n) is 6.87. The first kappa shape index (κ1) is 17.0. The van der Waals surface area contributed by atoms with E-state index < -0.39 is 10.0 Å². The molecule has 1 aromatic carbocycles. The molecule has 0 spiro atoms. The van der Waals surface area contributed by atoms with Gasteiger partial charge in [0.1, 0.15) is 10.0 Å². The van der Waals surface area contributed by atoms with E-state index in [1.807, 2.05) is 6.07 Å². The average Bonchev–Trinajstić information content (AvgIpc) is 2.86. The van der Waals surface area contributed by atoms with Crippen LogP contribution in [0.5, 0.6) is 0 Å². The van der Waals surface area contributed by atoms with Gasteiger partial charge in [-0.25, -0.2) is 22.9 Å². The second-order valence-corrected chi connectivity index (χ2v) is 7.47. The maximum Gasteiger partial charge on any atom is 0.326 e. The summed E-state index contributed by atoms with van der Waals surface area (Å²) < 4.78 is 28.3. The smallest absolute Gasteiger partial charge is 0.306 e. The summed E-state index contributed by atoms with van der Waals surface area (Å²) in [6.45, 7) is 0.209. The van der Waals surface area contributed by atoms with Gasteiger partial charge in [0.15, 0.2) is 0 Å². The number of aromatic amines is 1. The number of nitrogens with one attached hydrogen (secondary N) is 2. The summed E-state index contributed by atoms with van der Waals surface area (Å²) in [6, 6.07) is 8.39. The number of hydrogen-bond acceptors (Lipinski definition) is 4. The van der Waals surface area contributed by atoms with Crippen LogP contribution in [0.25, 0.3) is 11.0 Å². The summed E-state index contributed by atoms with van der Waals surface area (Å²) in [4.78, 5) is 18.3. The van der Waals surface area contributed by atoms with Crippen molar-refractivity contribution in [3.05, 3.63) is 57.2 Å². The van der Waals surface area contributed by atoms with E-state index in [-0.39, 0.29) is 33.9 Å². The highest BCUT2D eigenvalue weighted by atomic mass is 35.5. The average molecular weight is 387 g/mol. The maximum atomic E-state index is 12.2. The van der Waals surface area contributed by atoms with E-state index in [4.69, 9.17) is 23.2 Å². The van der Waals surface area contributed by atoms with E-state index in [2.05, 4.69) is 14.7 Å². The molecule has 0 amide bonds. The highest BCUT2D eigenvalue weighted by molar-refractivity contribution is 7.89. The molecule has 0 saturated heterocycles. The summed E-state index contributed by atoms with van der Waals surface area (Å²) in [6.07, 6.45) is 1.12. The van der Waals surface area contributed by atoms with Crippen molar-refractivity contribution in [3.63, 3.8) is 0 Å². The summed E-state index contributed by atoms with van der Waals surface area (Å²) in [5, 5.41) is 0.0772. The topological polar surface area (TPSA) is 96.9 Å². The highest BCUT2D eigenvalue weighted by Gasteiger charge is 2.16. The van der Waals surface area contributed by atoms with Gasteiger partial charge >= 0.3 is 5.69 Å². The molecule has 0 saturated carbocycles. The van der Waals surface area contributed by atoms with Gasteiger partial charge in [-0.05, 0) is 18.2 Å². The first-order chi connectivity index (χ1) is 11.4. The van der Waals surface area contributed by atoms with Crippen LogP contribution in [0.1, 0.15) is 0 Å². The van der Waals surface area contributed by atoms with Crippen LogP contribution < -0.4 is 10.4 Å². The zero-order valence-corrected chi connectivity index (χ0v) is 14.5.